The highest BCUT2D eigenvalue weighted by Crippen LogP contribution is 2.36. The third kappa shape index (κ3) is 4.13. The number of nitrogens with zero attached hydrogens (tertiary/aromatic N) is 5. The zero-order valence-corrected chi connectivity index (χ0v) is 21.6. The predicted octanol–water partition coefficient (Wildman–Crippen LogP) is 3.26. The molecule has 0 bridgehead atoms. The summed E-state index contributed by atoms with van der Waals surface area (Å²) in [5.74, 6) is -0.109. The summed E-state index contributed by atoms with van der Waals surface area (Å²) < 4.78 is 1.76. The molecule has 0 atom stereocenters. The Morgan fingerprint density at radius 1 is 1.17 bits per heavy atom. The van der Waals surface area contributed by atoms with Crippen molar-refractivity contribution in [3.63, 3.8) is 0 Å². The van der Waals surface area contributed by atoms with Gasteiger partial charge in [0.25, 0.3) is 11.8 Å². The fourth-order valence-corrected chi connectivity index (χ4v) is 5.20. The van der Waals surface area contributed by atoms with Gasteiger partial charge in [-0.2, -0.15) is 5.10 Å². The number of hydrogen-bond donors (Lipinski definition) is 2. The summed E-state index contributed by atoms with van der Waals surface area (Å²) in [5.41, 5.74) is 7.99. The number of likely N-dealkylation sites (N-methyl/N-ethyl adjacent to an activating group) is 1. The van der Waals surface area contributed by atoms with E-state index in [2.05, 4.69) is 39.1 Å². The number of nitrogens with one attached hydrogen (secondary N) is 2. The molecule has 0 radical (unpaired) electrons. The van der Waals surface area contributed by atoms with Gasteiger partial charge in [-0.3, -0.25) is 19.3 Å². The second-order valence-electron chi connectivity index (χ2n) is 9.52. The maximum Gasteiger partial charge on any atom is 0.256 e. The van der Waals surface area contributed by atoms with Crippen molar-refractivity contribution in [3.8, 4) is 11.3 Å². The first-order valence-corrected chi connectivity index (χ1v) is 12.6. The van der Waals surface area contributed by atoms with Gasteiger partial charge >= 0.3 is 0 Å². The highest BCUT2D eigenvalue weighted by molar-refractivity contribution is 6.35. The summed E-state index contributed by atoms with van der Waals surface area (Å²) in [7, 11) is 1.88. The molecule has 0 saturated carbocycles. The van der Waals surface area contributed by atoms with E-state index in [9.17, 15) is 9.59 Å². The molecule has 0 saturated heterocycles. The molecule has 5 rings (SSSR count). The molecule has 0 spiro atoms. The molecular formula is C27H33N7O2. The van der Waals surface area contributed by atoms with Crippen molar-refractivity contribution in [2.75, 3.05) is 38.0 Å². The van der Waals surface area contributed by atoms with E-state index in [4.69, 9.17) is 0 Å². The zero-order valence-electron chi connectivity index (χ0n) is 21.6. The predicted molar refractivity (Wildman–Crippen MR) is 141 cm³/mol. The average Bonchev–Trinajstić information content (AvgIpc) is 3.48. The Morgan fingerprint density at radius 3 is 2.64 bits per heavy atom. The molecule has 3 aromatic rings. The molecule has 9 nitrogen and oxygen atoms in total. The van der Waals surface area contributed by atoms with E-state index in [0.717, 1.165) is 77.6 Å². The first-order valence-electron chi connectivity index (χ1n) is 12.6. The van der Waals surface area contributed by atoms with Crippen LogP contribution in [0.15, 0.2) is 18.5 Å². The summed E-state index contributed by atoms with van der Waals surface area (Å²) >= 11 is 0. The molecule has 2 N–H and O–H groups in total. The van der Waals surface area contributed by atoms with E-state index < -0.39 is 0 Å². The average molecular weight is 488 g/mol. The standard InChI is InChI=1S/C27H33N7O2/c1-6-33(7-2)10-11-34-9-8-21-25(27(34)36)16(3)22(29-21)13-19-18-12-23(20-15-32(5)31-17(20)4)28-14-24(18)30-26(19)35/h12-15,29H,6-11H2,1-5H3,(H,30,35). The van der Waals surface area contributed by atoms with E-state index in [1.54, 1.807) is 10.9 Å². The number of carbonyl (C=O) groups is 2. The molecule has 5 heterocycles. The molecule has 0 aliphatic carbocycles. The Morgan fingerprint density at radius 2 is 1.94 bits per heavy atom. The Kier molecular flexibility index (Phi) is 6.26. The van der Waals surface area contributed by atoms with Crippen molar-refractivity contribution in [1.29, 1.82) is 0 Å². The Labute approximate surface area is 211 Å². The lowest BCUT2D eigenvalue weighted by Gasteiger charge is -2.29. The minimum absolute atomic E-state index is 0.0663. The number of aromatic amines is 1. The van der Waals surface area contributed by atoms with Gasteiger partial charge in [-0.1, -0.05) is 13.8 Å². The monoisotopic (exact) mass is 487 g/mol. The highest BCUT2D eigenvalue weighted by atomic mass is 16.2. The van der Waals surface area contributed by atoms with E-state index in [1.807, 2.05) is 44.1 Å². The number of amides is 2. The fraction of sp³-hybridized carbons (Fsp3) is 0.407. The highest BCUT2D eigenvalue weighted by Gasteiger charge is 2.31. The van der Waals surface area contributed by atoms with Crippen LogP contribution in [0.25, 0.3) is 22.9 Å². The molecule has 0 aromatic carbocycles. The zero-order chi connectivity index (χ0) is 25.6. The maximum atomic E-state index is 13.3. The summed E-state index contributed by atoms with van der Waals surface area (Å²) in [6.07, 6.45) is 6.26. The lowest BCUT2D eigenvalue weighted by atomic mass is 10.0. The normalized spacial score (nSPS) is 16.2. The summed E-state index contributed by atoms with van der Waals surface area (Å²) in [4.78, 5) is 38.5. The molecule has 2 amide bonds. The Bertz CT molecular complexity index is 1380. The van der Waals surface area contributed by atoms with Crippen molar-refractivity contribution in [2.45, 2.75) is 34.1 Å². The third-order valence-corrected chi connectivity index (χ3v) is 7.34. The van der Waals surface area contributed by atoms with E-state index in [-0.39, 0.29) is 11.8 Å². The van der Waals surface area contributed by atoms with E-state index in [1.165, 1.54) is 0 Å². The number of aromatic nitrogens is 4. The lowest BCUT2D eigenvalue weighted by Crippen LogP contribution is -2.42. The van der Waals surface area contributed by atoms with Crippen LogP contribution in [-0.2, 0) is 18.3 Å². The van der Waals surface area contributed by atoms with Crippen LogP contribution < -0.4 is 5.32 Å². The maximum absolute atomic E-state index is 13.3. The van der Waals surface area contributed by atoms with Gasteiger partial charge in [-0.15, -0.1) is 0 Å². The number of anilines is 1. The van der Waals surface area contributed by atoms with Crippen molar-refractivity contribution >= 4 is 29.2 Å². The van der Waals surface area contributed by atoms with Crippen LogP contribution in [-0.4, -0.2) is 74.1 Å². The lowest BCUT2D eigenvalue weighted by molar-refractivity contribution is -0.110. The topological polar surface area (TPSA) is 99.2 Å². The first-order chi connectivity index (χ1) is 17.3. The van der Waals surface area contributed by atoms with Crippen LogP contribution in [0.2, 0.25) is 0 Å². The number of carbonyl (C=O) groups excluding carboxylic acids is 2. The van der Waals surface area contributed by atoms with Crippen LogP contribution in [0, 0.1) is 13.8 Å². The number of aryl methyl sites for hydroxylation is 2. The van der Waals surface area contributed by atoms with Crippen LogP contribution in [0.4, 0.5) is 5.69 Å². The van der Waals surface area contributed by atoms with Gasteiger partial charge in [0.05, 0.1) is 34.4 Å². The van der Waals surface area contributed by atoms with Gasteiger partial charge in [0, 0.05) is 61.8 Å². The summed E-state index contributed by atoms with van der Waals surface area (Å²) in [6.45, 7) is 12.4. The molecule has 2 aliphatic rings. The number of rotatable bonds is 7. The second kappa shape index (κ2) is 9.39. The second-order valence-corrected chi connectivity index (χ2v) is 9.52. The van der Waals surface area contributed by atoms with Crippen LogP contribution in [0.1, 0.15) is 52.4 Å². The minimum Gasteiger partial charge on any atom is -0.358 e. The quantitative estimate of drug-likeness (QED) is 0.499. The van der Waals surface area contributed by atoms with Gasteiger partial charge in [-0.25, -0.2) is 0 Å². The van der Waals surface area contributed by atoms with Crippen molar-refractivity contribution < 1.29 is 9.59 Å². The molecule has 188 valence electrons. The van der Waals surface area contributed by atoms with Crippen molar-refractivity contribution in [3.05, 3.63) is 52.2 Å². The minimum atomic E-state index is -0.175. The Hall–Kier alpha value is -3.72. The number of fused-ring (bicyclic) bond motifs is 2. The number of hydrogen-bond acceptors (Lipinski definition) is 5. The largest absolute Gasteiger partial charge is 0.358 e. The van der Waals surface area contributed by atoms with Gasteiger partial charge in [0.2, 0.25) is 0 Å². The number of H-pyrrole nitrogens is 1. The first kappa shape index (κ1) is 24.0. The van der Waals surface area contributed by atoms with Gasteiger partial charge < -0.3 is 20.1 Å². The van der Waals surface area contributed by atoms with Gasteiger partial charge in [0.15, 0.2) is 0 Å². The molecule has 36 heavy (non-hydrogen) atoms. The van der Waals surface area contributed by atoms with E-state index >= 15 is 0 Å². The van der Waals surface area contributed by atoms with Crippen LogP contribution in [0.3, 0.4) is 0 Å². The molecule has 2 aliphatic heterocycles. The van der Waals surface area contributed by atoms with Crippen LogP contribution >= 0.6 is 0 Å². The smallest absolute Gasteiger partial charge is 0.256 e. The Balaban J connectivity index is 1.46. The SMILES string of the molecule is CCN(CC)CCN1CCc2[nH]c(C=C3C(=O)Nc4cnc(-c5cn(C)nc5C)cc43)c(C)c2C1=O. The molecule has 0 unspecified atom stereocenters. The van der Waals surface area contributed by atoms with Crippen LogP contribution in [0.5, 0.6) is 0 Å². The van der Waals surface area contributed by atoms with Gasteiger partial charge in [0.1, 0.15) is 0 Å². The molecule has 9 heteroatoms. The summed E-state index contributed by atoms with van der Waals surface area (Å²) in [5, 5.41) is 7.33. The van der Waals surface area contributed by atoms with Crippen molar-refractivity contribution in [2.24, 2.45) is 7.05 Å². The number of pyridine rings is 1. The summed E-state index contributed by atoms with van der Waals surface area (Å²) in [6, 6.07) is 1.93. The van der Waals surface area contributed by atoms with E-state index in [0.29, 0.717) is 17.8 Å². The van der Waals surface area contributed by atoms with Gasteiger partial charge in [-0.05, 0) is 44.6 Å². The molecule has 0 fully saturated rings. The third-order valence-electron chi connectivity index (χ3n) is 7.34. The van der Waals surface area contributed by atoms with Crippen molar-refractivity contribution in [1.82, 2.24) is 29.5 Å². The molecule has 3 aromatic heterocycles. The fourth-order valence-electron chi connectivity index (χ4n) is 5.20. The molecular weight excluding hydrogens is 454 g/mol.